The van der Waals surface area contributed by atoms with E-state index >= 15 is 0 Å². The van der Waals surface area contributed by atoms with E-state index in [9.17, 15) is 18.0 Å². The molecule has 19 heavy (non-hydrogen) atoms. The number of nitrogens with zero attached hydrogens (tertiary/aromatic N) is 1. The van der Waals surface area contributed by atoms with Crippen LogP contribution in [0.15, 0.2) is 24.3 Å². The maximum Gasteiger partial charge on any atom is 0.416 e. The first kappa shape index (κ1) is 13.5. The molecule has 0 aliphatic carbocycles. The lowest BCUT2D eigenvalue weighted by Gasteiger charge is -2.07. The normalized spacial score (nSPS) is 12.0. The molecule has 0 saturated carbocycles. The Morgan fingerprint density at radius 2 is 2.00 bits per heavy atom. The number of carboxylic acids is 1. The zero-order valence-corrected chi connectivity index (χ0v) is 10.2. The van der Waals surface area contributed by atoms with Gasteiger partial charge in [0.25, 0.3) is 0 Å². The number of halogens is 3. The maximum absolute atomic E-state index is 12.6. The zero-order chi connectivity index (χ0) is 14.2. The molecule has 0 unspecified atom stereocenters. The quantitative estimate of drug-likeness (QED) is 0.931. The van der Waals surface area contributed by atoms with E-state index in [4.69, 9.17) is 5.11 Å². The Morgan fingerprint density at radius 1 is 1.32 bits per heavy atom. The Morgan fingerprint density at radius 3 is 2.58 bits per heavy atom. The number of rotatable bonds is 3. The second-order valence-corrected chi connectivity index (χ2v) is 4.36. The van der Waals surface area contributed by atoms with Crippen LogP contribution in [-0.4, -0.2) is 15.6 Å². The van der Waals surface area contributed by atoms with Gasteiger partial charge >= 0.3 is 12.1 Å². The van der Waals surface area contributed by atoms with Gasteiger partial charge in [0, 0.05) is 18.3 Å². The molecule has 3 nitrogen and oxygen atoms in total. The zero-order valence-electron chi connectivity index (χ0n) is 10.2. The summed E-state index contributed by atoms with van der Waals surface area (Å²) >= 11 is 0. The lowest BCUT2D eigenvalue weighted by atomic mass is 10.1. The molecule has 0 radical (unpaired) electrons. The van der Waals surface area contributed by atoms with Gasteiger partial charge in [0.2, 0.25) is 0 Å². The molecule has 0 bridgehead atoms. The van der Waals surface area contributed by atoms with Gasteiger partial charge in [-0.2, -0.15) is 13.2 Å². The van der Waals surface area contributed by atoms with Crippen molar-refractivity contribution in [2.75, 3.05) is 0 Å². The Hall–Kier alpha value is -1.98. The molecule has 0 aliphatic heterocycles. The number of benzene rings is 1. The molecule has 6 heteroatoms. The first-order chi connectivity index (χ1) is 8.79. The third-order valence-electron chi connectivity index (χ3n) is 3.07. The number of fused-ring (bicyclic) bond motifs is 1. The monoisotopic (exact) mass is 271 g/mol. The molecule has 2 aromatic rings. The largest absolute Gasteiger partial charge is 0.481 e. The van der Waals surface area contributed by atoms with Gasteiger partial charge in [0.15, 0.2) is 0 Å². The topological polar surface area (TPSA) is 42.2 Å². The first-order valence-corrected chi connectivity index (χ1v) is 5.66. The predicted octanol–water partition coefficient (Wildman–Crippen LogP) is 3.21. The summed E-state index contributed by atoms with van der Waals surface area (Å²) in [4.78, 5) is 10.5. The number of aromatic nitrogens is 1. The van der Waals surface area contributed by atoms with Gasteiger partial charge in [0.1, 0.15) is 0 Å². The van der Waals surface area contributed by atoms with Gasteiger partial charge in [-0.3, -0.25) is 4.79 Å². The molecule has 0 aliphatic rings. The van der Waals surface area contributed by atoms with Crippen LogP contribution in [0.25, 0.3) is 10.9 Å². The maximum atomic E-state index is 12.6. The number of aliphatic carboxylic acids is 1. The molecular weight excluding hydrogens is 259 g/mol. The number of hydrogen-bond acceptors (Lipinski definition) is 1. The third-order valence-corrected chi connectivity index (χ3v) is 3.07. The molecular formula is C13H12F3NO2. The van der Waals surface area contributed by atoms with Gasteiger partial charge in [-0.1, -0.05) is 6.07 Å². The van der Waals surface area contributed by atoms with Crippen molar-refractivity contribution in [3.8, 4) is 0 Å². The minimum atomic E-state index is -4.38. The van der Waals surface area contributed by atoms with Crippen molar-refractivity contribution in [2.24, 2.45) is 7.05 Å². The average molecular weight is 271 g/mol. The first-order valence-electron chi connectivity index (χ1n) is 5.66. The van der Waals surface area contributed by atoms with Crippen LogP contribution in [0.4, 0.5) is 13.2 Å². The third kappa shape index (κ3) is 2.72. The molecule has 0 spiro atoms. The van der Waals surface area contributed by atoms with Crippen LogP contribution in [0.3, 0.4) is 0 Å². The average Bonchev–Trinajstić information content (AvgIpc) is 2.62. The summed E-state index contributed by atoms with van der Waals surface area (Å²) in [5.41, 5.74) is 0.456. The standard InChI is InChI=1S/C13H12F3NO2/c1-17-10(4-5-12(18)19)6-8-2-3-9(7-11(8)17)13(14,15)16/h2-3,6-7H,4-5H2,1H3,(H,18,19). The summed E-state index contributed by atoms with van der Waals surface area (Å²) in [5.74, 6) is -0.929. The molecule has 0 amide bonds. The fourth-order valence-electron chi connectivity index (χ4n) is 2.04. The van der Waals surface area contributed by atoms with Crippen molar-refractivity contribution in [1.29, 1.82) is 0 Å². The van der Waals surface area contributed by atoms with Gasteiger partial charge in [-0.15, -0.1) is 0 Å². The Bertz CT molecular complexity index is 629. The van der Waals surface area contributed by atoms with E-state index in [1.165, 1.54) is 6.07 Å². The molecule has 2 rings (SSSR count). The fourth-order valence-corrected chi connectivity index (χ4v) is 2.04. The Balaban J connectivity index is 2.43. The summed E-state index contributed by atoms with van der Waals surface area (Å²) < 4.78 is 39.5. The summed E-state index contributed by atoms with van der Waals surface area (Å²) in [6, 6.07) is 5.24. The predicted molar refractivity (Wildman–Crippen MR) is 63.9 cm³/mol. The van der Waals surface area contributed by atoms with Crippen molar-refractivity contribution < 1.29 is 23.1 Å². The summed E-state index contributed by atoms with van der Waals surface area (Å²) in [6.07, 6.45) is -4.13. The van der Waals surface area contributed by atoms with Crippen LogP contribution in [0.5, 0.6) is 0 Å². The van der Waals surface area contributed by atoms with E-state index in [0.29, 0.717) is 23.0 Å². The number of aryl methyl sites for hydroxylation is 2. The van der Waals surface area contributed by atoms with Gasteiger partial charge in [-0.05, 0) is 30.0 Å². The van der Waals surface area contributed by atoms with Crippen LogP contribution in [0.2, 0.25) is 0 Å². The van der Waals surface area contributed by atoms with Crippen LogP contribution >= 0.6 is 0 Å². The SMILES string of the molecule is Cn1c(CCC(=O)O)cc2ccc(C(F)(F)F)cc21. The lowest BCUT2D eigenvalue weighted by Crippen LogP contribution is -2.05. The summed E-state index contributed by atoms with van der Waals surface area (Å²) in [5, 5.41) is 9.31. The highest BCUT2D eigenvalue weighted by atomic mass is 19.4. The summed E-state index contributed by atoms with van der Waals surface area (Å²) in [7, 11) is 1.64. The number of carboxylic acid groups (broad SMARTS) is 1. The Kier molecular flexibility index (Phi) is 3.26. The van der Waals surface area contributed by atoms with Crippen LogP contribution in [0, 0.1) is 0 Å². The van der Waals surface area contributed by atoms with E-state index < -0.39 is 17.7 Å². The van der Waals surface area contributed by atoms with Gasteiger partial charge in [0.05, 0.1) is 12.0 Å². The molecule has 0 saturated heterocycles. The molecule has 102 valence electrons. The van der Waals surface area contributed by atoms with Crippen LogP contribution < -0.4 is 0 Å². The molecule has 1 N–H and O–H groups in total. The second kappa shape index (κ2) is 4.60. The van der Waals surface area contributed by atoms with Crippen molar-refractivity contribution in [1.82, 2.24) is 4.57 Å². The van der Waals surface area contributed by atoms with Crippen molar-refractivity contribution in [3.05, 3.63) is 35.5 Å². The number of hydrogen-bond donors (Lipinski definition) is 1. The van der Waals surface area contributed by atoms with Crippen molar-refractivity contribution in [2.45, 2.75) is 19.0 Å². The molecule has 1 aromatic carbocycles. The van der Waals surface area contributed by atoms with Crippen LogP contribution in [0.1, 0.15) is 17.7 Å². The highest BCUT2D eigenvalue weighted by Crippen LogP contribution is 2.32. The van der Waals surface area contributed by atoms with Crippen molar-refractivity contribution in [3.63, 3.8) is 0 Å². The van der Waals surface area contributed by atoms with E-state index in [2.05, 4.69) is 0 Å². The smallest absolute Gasteiger partial charge is 0.416 e. The fraction of sp³-hybridized carbons (Fsp3) is 0.308. The van der Waals surface area contributed by atoms with E-state index in [1.807, 2.05) is 0 Å². The van der Waals surface area contributed by atoms with Gasteiger partial charge in [-0.25, -0.2) is 0 Å². The van der Waals surface area contributed by atoms with Crippen molar-refractivity contribution >= 4 is 16.9 Å². The highest BCUT2D eigenvalue weighted by molar-refractivity contribution is 5.82. The number of alkyl halides is 3. The minimum Gasteiger partial charge on any atom is -0.481 e. The highest BCUT2D eigenvalue weighted by Gasteiger charge is 2.30. The molecule has 0 fully saturated rings. The molecule has 1 heterocycles. The molecule has 0 atom stereocenters. The number of carbonyl (C=O) groups is 1. The summed E-state index contributed by atoms with van der Waals surface area (Å²) in [6.45, 7) is 0. The second-order valence-electron chi connectivity index (χ2n) is 4.36. The Labute approximate surface area is 107 Å². The van der Waals surface area contributed by atoms with Gasteiger partial charge < -0.3 is 9.67 Å². The van der Waals surface area contributed by atoms with E-state index in [1.54, 1.807) is 17.7 Å². The molecule has 1 aromatic heterocycles. The van der Waals surface area contributed by atoms with E-state index in [-0.39, 0.29) is 6.42 Å². The minimum absolute atomic E-state index is 0.0453. The van der Waals surface area contributed by atoms with Crippen LogP contribution in [-0.2, 0) is 24.4 Å². The lowest BCUT2D eigenvalue weighted by molar-refractivity contribution is -0.138. The van der Waals surface area contributed by atoms with E-state index in [0.717, 1.165) is 12.1 Å².